The van der Waals surface area contributed by atoms with Gasteiger partial charge in [0, 0.05) is 5.56 Å². The molecule has 1 radical (unpaired) electrons. The summed E-state index contributed by atoms with van der Waals surface area (Å²) in [6.45, 7) is 0. The van der Waals surface area contributed by atoms with Gasteiger partial charge in [-0.15, -0.1) is 0 Å². The minimum atomic E-state index is -0.434. The van der Waals surface area contributed by atoms with Gasteiger partial charge in [-0.25, -0.2) is 4.79 Å². The van der Waals surface area contributed by atoms with Crippen LogP contribution in [0.25, 0.3) is 11.1 Å². The first-order valence-corrected chi connectivity index (χ1v) is 7.16. The lowest BCUT2D eigenvalue weighted by Crippen LogP contribution is -2.08. The fraction of sp³-hybridized carbons (Fsp3) is 0. The molecular formula is C19H12ClO2. The molecule has 107 valence electrons. The highest BCUT2D eigenvalue weighted by atomic mass is 35.5. The minimum Gasteiger partial charge on any atom is -0.421 e. The largest absolute Gasteiger partial charge is 0.421 e. The lowest BCUT2D eigenvalue weighted by molar-refractivity contribution is 0.0735. The van der Waals surface area contributed by atoms with Crippen LogP contribution >= 0.6 is 11.6 Å². The maximum absolute atomic E-state index is 12.1. The number of esters is 1. The molecule has 0 saturated carbocycles. The number of hydrogen-bond donors (Lipinski definition) is 0. The Morgan fingerprint density at radius 1 is 0.909 bits per heavy atom. The average molecular weight is 308 g/mol. The van der Waals surface area contributed by atoms with E-state index in [-0.39, 0.29) is 0 Å². The van der Waals surface area contributed by atoms with Gasteiger partial charge in [-0.05, 0) is 29.8 Å². The van der Waals surface area contributed by atoms with E-state index in [1.807, 2.05) is 36.4 Å². The predicted octanol–water partition coefficient (Wildman–Crippen LogP) is 5.03. The van der Waals surface area contributed by atoms with Crippen LogP contribution in [-0.2, 0) is 0 Å². The Kier molecular flexibility index (Phi) is 4.22. The summed E-state index contributed by atoms with van der Waals surface area (Å²) in [5.74, 6) is -0.0954. The van der Waals surface area contributed by atoms with Crippen molar-refractivity contribution >= 4 is 17.6 Å². The standard InChI is InChI=1S/C19H12ClO2/c20-18-16(14-8-3-1-4-9-14)12-7-13-17(18)22-19(21)15-10-5-2-6-11-15/h1-8,10-13H. The van der Waals surface area contributed by atoms with Gasteiger partial charge < -0.3 is 4.74 Å². The second-order valence-corrected chi connectivity index (χ2v) is 5.03. The van der Waals surface area contributed by atoms with Crippen molar-refractivity contribution < 1.29 is 9.53 Å². The van der Waals surface area contributed by atoms with Crippen molar-refractivity contribution in [3.63, 3.8) is 0 Å². The maximum atomic E-state index is 12.1. The van der Waals surface area contributed by atoms with Gasteiger partial charge in [-0.2, -0.15) is 0 Å². The molecular weight excluding hydrogens is 296 g/mol. The smallest absolute Gasteiger partial charge is 0.343 e. The van der Waals surface area contributed by atoms with Crippen molar-refractivity contribution in [1.29, 1.82) is 0 Å². The molecule has 3 heteroatoms. The van der Waals surface area contributed by atoms with Crippen LogP contribution in [0.4, 0.5) is 0 Å². The van der Waals surface area contributed by atoms with Crippen molar-refractivity contribution in [2.75, 3.05) is 0 Å². The van der Waals surface area contributed by atoms with E-state index in [4.69, 9.17) is 16.3 Å². The van der Waals surface area contributed by atoms with E-state index < -0.39 is 5.97 Å². The number of carbonyl (C=O) groups excluding carboxylic acids is 1. The normalized spacial score (nSPS) is 10.2. The molecule has 3 aromatic carbocycles. The predicted molar refractivity (Wildman–Crippen MR) is 87.1 cm³/mol. The highest BCUT2D eigenvalue weighted by Crippen LogP contribution is 2.35. The molecule has 3 rings (SSSR count). The Hall–Kier alpha value is -2.58. The second kappa shape index (κ2) is 6.46. The molecule has 0 heterocycles. The monoisotopic (exact) mass is 307 g/mol. The summed E-state index contributed by atoms with van der Waals surface area (Å²) in [4.78, 5) is 12.1. The number of ether oxygens (including phenoxy) is 1. The maximum Gasteiger partial charge on any atom is 0.343 e. The van der Waals surface area contributed by atoms with Crippen LogP contribution in [0.2, 0.25) is 5.02 Å². The number of hydrogen-bond acceptors (Lipinski definition) is 2. The Balaban J connectivity index is 1.91. The van der Waals surface area contributed by atoms with Gasteiger partial charge in [0.1, 0.15) is 5.75 Å². The molecule has 0 N–H and O–H groups in total. The Morgan fingerprint density at radius 2 is 1.68 bits per heavy atom. The van der Waals surface area contributed by atoms with Crippen molar-refractivity contribution in [1.82, 2.24) is 0 Å². The fourth-order valence-corrected chi connectivity index (χ4v) is 2.36. The zero-order chi connectivity index (χ0) is 15.4. The highest BCUT2D eigenvalue weighted by molar-refractivity contribution is 6.35. The first-order chi connectivity index (χ1) is 10.8. The molecule has 3 aromatic rings. The topological polar surface area (TPSA) is 26.3 Å². The van der Waals surface area contributed by atoms with Gasteiger partial charge in [0.25, 0.3) is 0 Å². The highest BCUT2D eigenvalue weighted by Gasteiger charge is 2.13. The summed E-state index contributed by atoms with van der Waals surface area (Å²) < 4.78 is 5.41. The molecule has 0 aromatic heterocycles. The van der Waals surface area contributed by atoms with Gasteiger partial charge >= 0.3 is 5.97 Å². The van der Waals surface area contributed by atoms with E-state index >= 15 is 0 Å². The van der Waals surface area contributed by atoms with Gasteiger partial charge in [0.2, 0.25) is 0 Å². The number of benzene rings is 3. The molecule has 22 heavy (non-hydrogen) atoms. The molecule has 0 aliphatic rings. The molecule has 0 aliphatic carbocycles. The van der Waals surface area contributed by atoms with Crippen molar-refractivity contribution in [3.8, 4) is 16.9 Å². The molecule has 2 nitrogen and oxygen atoms in total. The SMILES string of the molecule is O=C(Oc1cccc(-c2[c]cccc2)c1Cl)c1ccccc1. The van der Waals surface area contributed by atoms with E-state index in [2.05, 4.69) is 6.07 Å². The third-order valence-corrected chi connectivity index (χ3v) is 3.56. The first-order valence-electron chi connectivity index (χ1n) is 6.78. The van der Waals surface area contributed by atoms with Crippen LogP contribution in [0.3, 0.4) is 0 Å². The molecule has 0 atom stereocenters. The average Bonchev–Trinajstić information content (AvgIpc) is 2.58. The van der Waals surface area contributed by atoms with Gasteiger partial charge in [-0.3, -0.25) is 0 Å². The zero-order valence-electron chi connectivity index (χ0n) is 11.6. The molecule has 0 aliphatic heterocycles. The van der Waals surface area contributed by atoms with Crippen LogP contribution < -0.4 is 4.74 Å². The molecule has 0 spiro atoms. The van der Waals surface area contributed by atoms with E-state index in [0.717, 1.165) is 11.1 Å². The lowest BCUT2D eigenvalue weighted by Gasteiger charge is -2.10. The van der Waals surface area contributed by atoms with Crippen LogP contribution in [0.1, 0.15) is 10.4 Å². The van der Waals surface area contributed by atoms with Crippen molar-refractivity contribution in [2.24, 2.45) is 0 Å². The molecule has 0 unspecified atom stereocenters. The van der Waals surface area contributed by atoms with E-state index in [9.17, 15) is 4.79 Å². The quantitative estimate of drug-likeness (QED) is 0.501. The minimum absolute atomic E-state index is 0.338. The van der Waals surface area contributed by atoms with Crippen LogP contribution in [0.15, 0.2) is 72.8 Å². The molecule has 0 amide bonds. The Bertz CT molecular complexity index is 783. The molecule has 0 saturated heterocycles. The van der Waals surface area contributed by atoms with Crippen LogP contribution in [0, 0.1) is 6.07 Å². The molecule has 0 fully saturated rings. The summed E-state index contributed by atoms with van der Waals surface area (Å²) in [6, 6.07) is 24.8. The fourth-order valence-electron chi connectivity index (χ4n) is 2.09. The summed E-state index contributed by atoms with van der Waals surface area (Å²) in [5, 5.41) is 0.397. The lowest BCUT2D eigenvalue weighted by atomic mass is 10.1. The number of halogens is 1. The summed E-state index contributed by atoms with van der Waals surface area (Å²) in [6.07, 6.45) is 0. The van der Waals surface area contributed by atoms with Gasteiger partial charge in [0.15, 0.2) is 0 Å². The zero-order valence-corrected chi connectivity index (χ0v) is 12.4. The van der Waals surface area contributed by atoms with Crippen molar-refractivity contribution in [3.05, 3.63) is 89.4 Å². The van der Waals surface area contributed by atoms with Gasteiger partial charge in [-0.1, -0.05) is 66.2 Å². The van der Waals surface area contributed by atoms with Gasteiger partial charge in [0.05, 0.1) is 10.6 Å². The Morgan fingerprint density at radius 3 is 2.41 bits per heavy atom. The van der Waals surface area contributed by atoms with Crippen LogP contribution in [0.5, 0.6) is 5.75 Å². The van der Waals surface area contributed by atoms with Crippen LogP contribution in [-0.4, -0.2) is 5.97 Å². The summed E-state index contributed by atoms with van der Waals surface area (Å²) in [7, 11) is 0. The van der Waals surface area contributed by atoms with E-state index in [1.165, 1.54) is 0 Å². The number of carbonyl (C=O) groups is 1. The Labute approximate surface area is 133 Å². The first kappa shape index (κ1) is 14.4. The summed E-state index contributed by atoms with van der Waals surface area (Å²) >= 11 is 6.38. The second-order valence-electron chi connectivity index (χ2n) is 4.65. The van der Waals surface area contributed by atoms with Crippen molar-refractivity contribution in [2.45, 2.75) is 0 Å². The number of rotatable bonds is 3. The summed E-state index contributed by atoms with van der Waals surface area (Å²) in [5.41, 5.74) is 2.11. The molecule has 0 bridgehead atoms. The third kappa shape index (κ3) is 3.02. The van der Waals surface area contributed by atoms with E-state index in [0.29, 0.717) is 16.3 Å². The van der Waals surface area contributed by atoms with E-state index in [1.54, 1.807) is 36.4 Å². The third-order valence-electron chi connectivity index (χ3n) is 3.17.